The van der Waals surface area contributed by atoms with Gasteiger partial charge in [0.05, 0.1) is 25.4 Å². The number of rotatable bonds is 52. The van der Waals surface area contributed by atoms with Gasteiger partial charge in [-0.15, -0.1) is 0 Å². The van der Waals surface area contributed by atoms with Gasteiger partial charge in [0.2, 0.25) is 5.91 Å². The third kappa shape index (κ3) is 49.5. The van der Waals surface area contributed by atoms with Gasteiger partial charge in [0.1, 0.15) is 0 Å². The molecular formula is C58H109NO5. The lowest BCUT2D eigenvalue weighted by molar-refractivity contribution is -0.143. The topological polar surface area (TPSA) is 95.9 Å². The Balaban J connectivity index is 3.50. The van der Waals surface area contributed by atoms with E-state index in [2.05, 4.69) is 43.5 Å². The first-order valence-electron chi connectivity index (χ1n) is 28.3. The van der Waals surface area contributed by atoms with Gasteiger partial charge in [-0.1, -0.05) is 256 Å². The summed E-state index contributed by atoms with van der Waals surface area (Å²) in [5.41, 5.74) is 0. The van der Waals surface area contributed by atoms with E-state index in [1.807, 2.05) is 6.08 Å². The van der Waals surface area contributed by atoms with E-state index < -0.39 is 12.1 Å². The second-order valence-electron chi connectivity index (χ2n) is 19.3. The van der Waals surface area contributed by atoms with Crippen molar-refractivity contribution < 1.29 is 24.5 Å². The first-order chi connectivity index (χ1) is 31.5. The summed E-state index contributed by atoms with van der Waals surface area (Å²) in [5, 5.41) is 23.1. The van der Waals surface area contributed by atoms with E-state index in [-0.39, 0.29) is 18.5 Å². The zero-order valence-corrected chi connectivity index (χ0v) is 42.8. The van der Waals surface area contributed by atoms with Crippen molar-refractivity contribution >= 4 is 11.9 Å². The van der Waals surface area contributed by atoms with E-state index in [9.17, 15) is 19.8 Å². The van der Waals surface area contributed by atoms with Crippen LogP contribution in [-0.4, -0.2) is 47.4 Å². The Bertz CT molecular complexity index is 1040. The minimum atomic E-state index is -0.854. The highest BCUT2D eigenvalue weighted by molar-refractivity contribution is 5.76. The first-order valence-corrected chi connectivity index (χ1v) is 28.3. The van der Waals surface area contributed by atoms with Gasteiger partial charge in [-0.25, -0.2) is 0 Å². The maximum absolute atomic E-state index is 12.5. The number of ether oxygens (including phenoxy) is 1. The number of allylic oxidation sites excluding steroid dienone is 5. The van der Waals surface area contributed by atoms with E-state index >= 15 is 0 Å². The van der Waals surface area contributed by atoms with Crippen molar-refractivity contribution in [2.24, 2.45) is 0 Å². The Hall–Kier alpha value is -1.92. The van der Waals surface area contributed by atoms with Gasteiger partial charge in [-0.2, -0.15) is 0 Å². The van der Waals surface area contributed by atoms with Crippen LogP contribution in [0.2, 0.25) is 0 Å². The fourth-order valence-corrected chi connectivity index (χ4v) is 8.55. The van der Waals surface area contributed by atoms with Gasteiger partial charge in [0.15, 0.2) is 0 Å². The lowest BCUT2D eigenvalue weighted by Crippen LogP contribution is -2.45. The summed E-state index contributed by atoms with van der Waals surface area (Å²) in [7, 11) is 0. The Kier molecular flexibility index (Phi) is 52.1. The van der Waals surface area contributed by atoms with Gasteiger partial charge in [-0.05, 0) is 64.2 Å². The van der Waals surface area contributed by atoms with E-state index in [0.29, 0.717) is 19.4 Å². The lowest BCUT2D eigenvalue weighted by atomic mass is 10.0. The highest BCUT2D eigenvalue weighted by Gasteiger charge is 2.18. The molecule has 6 nitrogen and oxygen atoms in total. The molecule has 0 fully saturated rings. The summed E-state index contributed by atoms with van der Waals surface area (Å²) in [4.78, 5) is 24.5. The molecule has 1 amide bonds. The van der Waals surface area contributed by atoms with Gasteiger partial charge in [0, 0.05) is 12.8 Å². The molecule has 0 bridgehead atoms. The molecule has 0 aromatic carbocycles. The molecule has 0 aliphatic carbocycles. The number of aliphatic hydroxyl groups is 2. The minimum absolute atomic E-state index is 0.0208. The molecule has 0 spiro atoms. The Morgan fingerprint density at radius 1 is 0.438 bits per heavy atom. The largest absolute Gasteiger partial charge is 0.466 e. The molecule has 0 rings (SSSR count). The van der Waals surface area contributed by atoms with E-state index in [1.54, 1.807) is 6.08 Å². The SMILES string of the molecule is CCCCC/C=C\C/C=C\CCCCCCCC(=O)OCCCCCCCCCCCCCCCC(=O)NC(CO)C(O)/C=C/CCCCCCCCCCCCCCCCCCC. The van der Waals surface area contributed by atoms with Gasteiger partial charge >= 0.3 is 5.97 Å². The highest BCUT2D eigenvalue weighted by Crippen LogP contribution is 2.16. The summed E-state index contributed by atoms with van der Waals surface area (Å²) in [6, 6.07) is -0.639. The number of unbranched alkanes of at least 4 members (excludes halogenated alkanes) is 37. The van der Waals surface area contributed by atoms with Crippen LogP contribution in [0.4, 0.5) is 0 Å². The molecule has 6 heteroatoms. The monoisotopic (exact) mass is 900 g/mol. The molecule has 0 aliphatic heterocycles. The molecule has 0 aromatic heterocycles. The number of hydrogen-bond acceptors (Lipinski definition) is 5. The lowest BCUT2D eigenvalue weighted by Gasteiger charge is -2.20. The molecule has 2 unspecified atom stereocenters. The molecule has 0 radical (unpaired) electrons. The maximum Gasteiger partial charge on any atom is 0.305 e. The summed E-state index contributed by atoms with van der Waals surface area (Å²) in [6.45, 7) is 4.85. The van der Waals surface area contributed by atoms with Crippen LogP contribution in [0.5, 0.6) is 0 Å². The molecule has 0 saturated heterocycles. The molecular weight excluding hydrogens is 791 g/mol. The van der Waals surface area contributed by atoms with Crippen LogP contribution in [0, 0.1) is 0 Å². The summed E-state index contributed by atoms with van der Waals surface area (Å²) < 4.78 is 5.46. The molecule has 64 heavy (non-hydrogen) atoms. The van der Waals surface area contributed by atoms with E-state index in [4.69, 9.17) is 4.74 Å². The molecule has 0 saturated carbocycles. The smallest absolute Gasteiger partial charge is 0.305 e. The Labute approximate surface area is 398 Å². The van der Waals surface area contributed by atoms with E-state index in [0.717, 1.165) is 70.6 Å². The zero-order valence-electron chi connectivity index (χ0n) is 42.8. The van der Waals surface area contributed by atoms with Crippen LogP contribution in [0.25, 0.3) is 0 Å². The van der Waals surface area contributed by atoms with Crippen molar-refractivity contribution in [3.8, 4) is 0 Å². The second-order valence-corrected chi connectivity index (χ2v) is 19.3. The quantitative estimate of drug-likeness (QED) is 0.0321. The minimum Gasteiger partial charge on any atom is -0.466 e. The van der Waals surface area contributed by atoms with Crippen LogP contribution in [-0.2, 0) is 14.3 Å². The molecule has 0 aromatic rings. The van der Waals surface area contributed by atoms with E-state index in [1.165, 1.54) is 199 Å². The molecule has 376 valence electrons. The van der Waals surface area contributed by atoms with Crippen LogP contribution in [0.15, 0.2) is 36.5 Å². The van der Waals surface area contributed by atoms with Crippen molar-refractivity contribution in [2.75, 3.05) is 13.2 Å². The second kappa shape index (κ2) is 53.7. The number of aliphatic hydroxyl groups excluding tert-OH is 2. The van der Waals surface area contributed by atoms with Crippen LogP contribution < -0.4 is 5.32 Å². The van der Waals surface area contributed by atoms with Crippen molar-refractivity contribution in [1.29, 1.82) is 0 Å². The number of esters is 1. The predicted molar refractivity (Wildman–Crippen MR) is 278 cm³/mol. The number of carbonyl (C=O) groups excluding carboxylic acids is 2. The Morgan fingerprint density at radius 3 is 1.22 bits per heavy atom. The first kappa shape index (κ1) is 62.1. The molecule has 3 N–H and O–H groups in total. The molecule has 0 heterocycles. The summed E-state index contributed by atoms with van der Waals surface area (Å²) in [6.07, 6.45) is 65.8. The third-order valence-electron chi connectivity index (χ3n) is 12.9. The highest BCUT2D eigenvalue weighted by atomic mass is 16.5. The third-order valence-corrected chi connectivity index (χ3v) is 12.9. The predicted octanol–water partition coefficient (Wildman–Crippen LogP) is 17.2. The van der Waals surface area contributed by atoms with Crippen LogP contribution in [0.1, 0.15) is 296 Å². The standard InChI is InChI=1S/C58H109NO5/c1-3-5-7-9-11-13-15-17-19-20-21-22-24-26-30-34-38-42-46-50-56(61)55(54-60)59-57(62)51-47-43-39-35-31-27-25-29-33-37-41-45-49-53-64-58(63)52-48-44-40-36-32-28-23-18-16-14-12-10-8-6-4-2/h12,14,18,23,46,50,55-56,60-61H,3-11,13,15-17,19-22,24-45,47-49,51-54H2,1-2H3,(H,59,62)/b14-12-,23-18-,50-46+. The van der Waals surface area contributed by atoms with Crippen molar-refractivity contribution in [2.45, 2.75) is 309 Å². The summed E-state index contributed by atoms with van der Waals surface area (Å²) >= 11 is 0. The van der Waals surface area contributed by atoms with Crippen molar-refractivity contribution in [1.82, 2.24) is 5.32 Å². The number of carbonyl (C=O) groups is 2. The van der Waals surface area contributed by atoms with Crippen LogP contribution in [0.3, 0.4) is 0 Å². The van der Waals surface area contributed by atoms with Crippen LogP contribution >= 0.6 is 0 Å². The number of nitrogens with one attached hydrogen (secondary N) is 1. The molecule has 2 atom stereocenters. The summed E-state index contributed by atoms with van der Waals surface area (Å²) in [5.74, 6) is -0.101. The van der Waals surface area contributed by atoms with Crippen molar-refractivity contribution in [3.63, 3.8) is 0 Å². The maximum atomic E-state index is 12.5. The number of amides is 1. The zero-order chi connectivity index (χ0) is 46.5. The normalized spacial score (nSPS) is 12.9. The van der Waals surface area contributed by atoms with Gasteiger partial charge in [0.25, 0.3) is 0 Å². The van der Waals surface area contributed by atoms with Gasteiger partial charge < -0.3 is 20.3 Å². The average molecular weight is 901 g/mol. The van der Waals surface area contributed by atoms with Crippen molar-refractivity contribution in [3.05, 3.63) is 36.5 Å². The average Bonchev–Trinajstić information content (AvgIpc) is 3.29. The Morgan fingerprint density at radius 2 is 0.781 bits per heavy atom. The fraction of sp³-hybridized carbons (Fsp3) is 0.862. The number of hydrogen-bond donors (Lipinski definition) is 3. The molecule has 0 aliphatic rings. The van der Waals surface area contributed by atoms with Gasteiger partial charge in [-0.3, -0.25) is 9.59 Å². The fourth-order valence-electron chi connectivity index (χ4n) is 8.55.